The number of methoxy groups -OCH3 is 1. The van der Waals surface area contributed by atoms with Crippen LogP contribution in [-0.4, -0.2) is 67.8 Å². The lowest BCUT2D eigenvalue weighted by Gasteiger charge is -2.34. The third-order valence-corrected chi connectivity index (χ3v) is 4.79. The van der Waals surface area contributed by atoms with E-state index in [2.05, 4.69) is 10.6 Å². The molecule has 2 rings (SSSR count). The molecule has 1 saturated heterocycles. The zero-order valence-corrected chi connectivity index (χ0v) is 16.9. The van der Waals surface area contributed by atoms with Crippen molar-refractivity contribution in [2.24, 2.45) is 5.41 Å². The van der Waals surface area contributed by atoms with Crippen molar-refractivity contribution < 1.29 is 19.4 Å². The highest BCUT2D eigenvalue weighted by Gasteiger charge is 2.31. The van der Waals surface area contributed by atoms with E-state index in [0.717, 1.165) is 11.3 Å². The fraction of sp³-hybridized carbons (Fsp3) is 0.524. The minimum Gasteiger partial charge on any atom is -0.496 e. The Hall–Kier alpha value is -2.38. The van der Waals surface area contributed by atoms with Crippen molar-refractivity contribution in [2.45, 2.75) is 26.3 Å². The van der Waals surface area contributed by atoms with Crippen molar-refractivity contribution in [1.82, 2.24) is 15.5 Å². The average Bonchev–Trinajstić information content (AvgIpc) is 2.69. The molecule has 3 N–H and O–H groups in total. The third kappa shape index (κ3) is 6.35. The van der Waals surface area contributed by atoms with Gasteiger partial charge in [0, 0.05) is 43.8 Å². The van der Waals surface area contributed by atoms with E-state index in [1.54, 1.807) is 7.11 Å². The Morgan fingerprint density at radius 3 is 2.89 bits per heavy atom. The summed E-state index contributed by atoms with van der Waals surface area (Å²) in [6, 6.07) is 7.21. The van der Waals surface area contributed by atoms with Gasteiger partial charge in [0.25, 0.3) is 0 Å². The van der Waals surface area contributed by atoms with Crippen LogP contribution < -0.4 is 15.4 Å². The lowest BCUT2D eigenvalue weighted by Crippen LogP contribution is -2.56. The van der Waals surface area contributed by atoms with Crippen molar-refractivity contribution in [1.29, 1.82) is 0 Å². The number of aliphatic hydroxyl groups is 1. The molecule has 0 saturated carbocycles. The van der Waals surface area contributed by atoms with Crippen LogP contribution in [0.1, 0.15) is 25.8 Å². The molecule has 1 atom stereocenters. The first kappa shape index (κ1) is 21.9. The maximum absolute atomic E-state index is 12.3. The van der Waals surface area contributed by atoms with Gasteiger partial charge in [-0.15, -0.1) is 0 Å². The molecule has 0 aromatic heterocycles. The summed E-state index contributed by atoms with van der Waals surface area (Å²) in [5.74, 6) is 0.466. The maximum Gasteiger partial charge on any atom is 0.237 e. The zero-order chi connectivity index (χ0) is 20.6. The molecule has 7 nitrogen and oxygen atoms in total. The predicted molar refractivity (Wildman–Crippen MR) is 109 cm³/mol. The van der Waals surface area contributed by atoms with E-state index >= 15 is 0 Å². The van der Waals surface area contributed by atoms with E-state index in [1.807, 2.05) is 55.2 Å². The second-order valence-corrected chi connectivity index (χ2v) is 7.75. The summed E-state index contributed by atoms with van der Waals surface area (Å²) in [4.78, 5) is 26.6. The molecular formula is C21H31N3O4. The number of carbonyl (C=O) groups excluding carboxylic acids is 2. The topological polar surface area (TPSA) is 90.9 Å². The Labute approximate surface area is 166 Å². The number of rotatable bonds is 9. The van der Waals surface area contributed by atoms with Crippen LogP contribution in [0.5, 0.6) is 5.75 Å². The third-order valence-electron chi connectivity index (χ3n) is 4.79. The molecule has 1 heterocycles. The molecule has 28 heavy (non-hydrogen) atoms. The normalized spacial score (nSPS) is 18.1. The second-order valence-electron chi connectivity index (χ2n) is 7.75. The van der Waals surface area contributed by atoms with Crippen LogP contribution in [0.15, 0.2) is 30.3 Å². The van der Waals surface area contributed by atoms with Crippen LogP contribution in [0.2, 0.25) is 0 Å². The van der Waals surface area contributed by atoms with Crippen LogP contribution in [0.3, 0.4) is 0 Å². The first-order valence-corrected chi connectivity index (χ1v) is 9.55. The van der Waals surface area contributed by atoms with Crippen LogP contribution in [0.4, 0.5) is 0 Å². The second kappa shape index (κ2) is 10.2. The Bertz CT molecular complexity index is 703. The highest BCUT2D eigenvalue weighted by molar-refractivity contribution is 5.88. The number of ether oxygens (including phenoxy) is 1. The van der Waals surface area contributed by atoms with Gasteiger partial charge in [-0.2, -0.15) is 0 Å². The summed E-state index contributed by atoms with van der Waals surface area (Å²) in [7, 11) is 1.63. The number of carbonyl (C=O) groups is 2. The number of hydrogen-bond acceptors (Lipinski definition) is 5. The number of nitrogens with one attached hydrogen (secondary N) is 2. The molecule has 1 aromatic rings. The minimum absolute atomic E-state index is 0.0168. The largest absolute Gasteiger partial charge is 0.496 e. The molecule has 0 aliphatic carbocycles. The standard InChI is InChI=1S/C21H31N3O4/c1-21(2,15-25)14-23-19(26)13-17-20(27)22-10-12-24(17)11-6-8-16-7-4-5-9-18(16)28-3/h4-9,17,25H,10-15H2,1-3H3,(H,22,27)(H,23,26)/b8-6+. The summed E-state index contributed by atoms with van der Waals surface area (Å²) in [6.45, 7) is 5.90. The highest BCUT2D eigenvalue weighted by Crippen LogP contribution is 2.19. The molecule has 1 unspecified atom stereocenters. The van der Waals surface area contributed by atoms with Gasteiger partial charge in [-0.3, -0.25) is 14.5 Å². The molecule has 1 aromatic carbocycles. The summed E-state index contributed by atoms with van der Waals surface area (Å²) in [5.41, 5.74) is 0.578. The van der Waals surface area contributed by atoms with E-state index < -0.39 is 6.04 Å². The summed E-state index contributed by atoms with van der Waals surface area (Å²) in [6.07, 6.45) is 4.04. The van der Waals surface area contributed by atoms with E-state index in [4.69, 9.17) is 4.74 Å². The fourth-order valence-corrected chi connectivity index (χ4v) is 2.96. The van der Waals surface area contributed by atoms with Gasteiger partial charge < -0.3 is 20.5 Å². The molecular weight excluding hydrogens is 358 g/mol. The van der Waals surface area contributed by atoms with Crippen LogP contribution in [-0.2, 0) is 9.59 Å². The molecule has 0 spiro atoms. The van der Waals surface area contributed by atoms with Crippen molar-refractivity contribution in [2.75, 3.05) is 39.9 Å². The minimum atomic E-state index is -0.506. The molecule has 1 aliphatic heterocycles. The quantitative estimate of drug-likeness (QED) is 0.587. The number of amides is 2. The Kier molecular flexibility index (Phi) is 8.02. The SMILES string of the molecule is COc1ccccc1/C=C/CN1CCNC(=O)C1CC(=O)NCC(C)(C)CO. The molecule has 1 aliphatic rings. The van der Waals surface area contributed by atoms with Crippen LogP contribution in [0.25, 0.3) is 6.08 Å². The molecule has 0 bridgehead atoms. The number of benzene rings is 1. The monoisotopic (exact) mass is 389 g/mol. The van der Waals surface area contributed by atoms with E-state index in [0.29, 0.717) is 26.2 Å². The zero-order valence-electron chi connectivity index (χ0n) is 16.9. The highest BCUT2D eigenvalue weighted by atomic mass is 16.5. The van der Waals surface area contributed by atoms with Crippen molar-refractivity contribution in [3.63, 3.8) is 0 Å². The summed E-state index contributed by atoms with van der Waals surface area (Å²) < 4.78 is 5.34. The molecule has 0 radical (unpaired) electrons. The molecule has 154 valence electrons. The van der Waals surface area contributed by atoms with Crippen molar-refractivity contribution in [3.05, 3.63) is 35.9 Å². The molecule has 1 fully saturated rings. The van der Waals surface area contributed by atoms with Gasteiger partial charge in [-0.25, -0.2) is 0 Å². The summed E-state index contributed by atoms with van der Waals surface area (Å²) in [5, 5.41) is 15.0. The maximum atomic E-state index is 12.3. The first-order chi connectivity index (χ1) is 13.4. The van der Waals surface area contributed by atoms with Crippen molar-refractivity contribution >= 4 is 17.9 Å². The van der Waals surface area contributed by atoms with Crippen LogP contribution in [0, 0.1) is 5.41 Å². The van der Waals surface area contributed by atoms with Gasteiger partial charge in [0.2, 0.25) is 11.8 Å². The lowest BCUT2D eigenvalue weighted by atomic mass is 9.95. The fourth-order valence-electron chi connectivity index (χ4n) is 2.96. The smallest absolute Gasteiger partial charge is 0.237 e. The number of para-hydroxylation sites is 1. The summed E-state index contributed by atoms with van der Waals surface area (Å²) >= 11 is 0. The predicted octanol–water partition coefficient (Wildman–Crippen LogP) is 1.03. The van der Waals surface area contributed by atoms with Gasteiger partial charge in [0.05, 0.1) is 19.6 Å². The van der Waals surface area contributed by atoms with Gasteiger partial charge in [0.1, 0.15) is 5.75 Å². The lowest BCUT2D eigenvalue weighted by molar-refractivity contribution is -0.133. The van der Waals surface area contributed by atoms with E-state index in [1.165, 1.54) is 0 Å². The first-order valence-electron chi connectivity index (χ1n) is 9.55. The Balaban J connectivity index is 1.96. The molecule has 7 heteroatoms. The number of piperazine rings is 1. The van der Waals surface area contributed by atoms with Crippen molar-refractivity contribution in [3.8, 4) is 5.75 Å². The van der Waals surface area contributed by atoms with E-state index in [-0.39, 0.29) is 30.3 Å². The van der Waals surface area contributed by atoms with Gasteiger partial charge in [-0.05, 0) is 6.07 Å². The van der Waals surface area contributed by atoms with Crippen LogP contribution >= 0.6 is 0 Å². The number of aliphatic hydroxyl groups excluding tert-OH is 1. The number of hydrogen-bond donors (Lipinski definition) is 3. The molecule has 2 amide bonds. The Morgan fingerprint density at radius 1 is 1.43 bits per heavy atom. The van der Waals surface area contributed by atoms with Gasteiger partial charge >= 0.3 is 0 Å². The average molecular weight is 389 g/mol. The van der Waals surface area contributed by atoms with Gasteiger partial charge in [-0.1, -0.05) is 44.2 Å². The van der Waals surface area contributed by atoms with Gasteiger partial charge in [0.15, 0.2) is 0 Å². The van der Waals surface area contributed by atoms with E-state index in [9.17, 15) is 14.7 Å². The number of nitrogens with zero attached hydrogens (tertiary/aromatic N) is 1. The Morgan fingerprint density at radius 2 is 2.18 bits per heavy atom.